The molecular formula is C20H18ClF4N5OS. The number of carbonyl (C=O) groups is 1. The molecule has 0 saturated heterocycles. The van der Waals surface area contributed by atoms with Gasteiger partial charge in [0.1, 0.15) is 17.2 Å². The highest BCUT2D eigenvalue weighted by molar-refractivity contribution is 7.11. The first-order valence-electron chi connectivity index (χ1n) is 9.66. The molecule has 2 aromatic heterocycles. The monoisotopic (exact) mass is 487 g/mol. The van der Waals surface area contributed by atoms with Crippen molar-refractivity contribution in [2.75, 3.05) is 11.1 Å². The van der Waals surface area contributed by atoms with Crippen LogP contribution in [0.4, 0.5) is 29.1 Å². The fraction of sp³-hybridized carbons (Fsp3) is 0.350. The number of alkyl halides is 3. The normalized spacial score (nSPS) is 18.8. The van der Waals surface area contributed by atoms with Crippen molar-refractivity contribution >= 4 is 40.4 Å². The number of aromatic nitrogens is 3. The molecular weight excluding hydrogens is 470 g/mol. The van der Waals surface area contributed by atoms with Crippen LogP contribution in [0.1, 0.15) is 57.0 Å². The fourth-order valence-corrected chi connectivity index (χ4v) is 5.05. The maximum absolute atomic E-state index is 13.4. The number of aryl methyl sites for hydroxylation is 1. The predicted molar refractivity (Wildman–Crippen MR) is 113 cm³/mol. The molecule has 4 rings (SSSR count). The average molecular weight is 488 g/mol. The number of nitrogen functional groups attached to an aromatic ring is 1. The molecule has 3 aromatic rings. The summed E-state index contributed by atoms with van der Waals surface area (Å²) in [5.74, 6) is -1.23. The Morgan fingerprint density at radius 3 is 2.69 bits per heavy atom. The summed E-state index contributed by atoms with van der Waals surface area (Å²) in [7, 11) is 1.61. The molecule has 1 amide bonds. The van der Waals surface area contributed by atoms with Gasteiger partial charge in [-0.15, -0.1) is 11.3 Å². The van der Waals surface area contributed by atoms with Gasteiger partial charge < -0.3 is 11.1 Å². The molecule has 0 bridgehead atoms. The summed E-state index contributed by atoms with van der Waals surface area (Å²) in [6, 6.07) is 3.80. The summed E-state index contributed by atoms with van der Waals surface area (Å²) in [6.45, 7) is 0. The van der Waals surface area contributed by atoms with Crippen molar-refractivity contribution in [2.24, 2.45) is 7.05 Å². The van der Waals surface area contributed by atoms with E-state index in [-0.39, 0.29) is 28.2 Å². The first-order valence-corrected chi connectivity index (χ1v) is 10.9. The molecule has 1 aromatic carbocycles. The van der Waals surface area contributed by atoms with E-state index in [9.17, 15) is 22.4 Å². The van der Waals surface area contributed by atoms with Gasteiger partial charge in [0, 0.05) is 29.7 Å². The Labute approximate surface area is 189 Å². The zero-order chi connectivity index (χ0) is 23.2. The molecule has 32 heavy (non-hydrogen) atoms. The van der Waals surface area contributed by atoms with E-state index in [0.29, 0.717) is 46.9 Å². The maximum Gasteiger partial charge on any atom is 0.443 e. The highest BCUT2D eigenvalue weighted by Gasteiger charge is 2.38. The van der Waals surface area contributed by atoms with Crippen LogP contribution in [0.2, 0.25) is 5.02 Å². The first-order chi connectivity index (χ1) is 15.0. The number of carbonyl (C=O) groups excluding carboxylic acids is 1. The van der Waals surface area contributed by atoms with Crippen LogP contribution in [0.3, 0.4) is 0 Å². The molecule has 0 unspecified atom stereocenters. The quantitative estimate of drug-likeness (QED) is 0.471. The van der Waals surface area contributed by atoms with E-state index in [2.05, 4.69) is 15.4 Å². The van der Waals surface area contributed by atoms with Crippen molar-refractivity contribution in [2.45, 2.75) is 37.3 Å². The zero-order valence-electron chi connectivity index (χ0n) is 16.7. The SMILES string of the molecule is Cn1nc([C@@H]2CC[C@@H](c3cnc(C(F)(F)F)s3)C2)c(C(=O)Nc2ccc(F)c(Cl)c2)c1N. The Morgan fingerprint density at radius 2 is 2.03 bits per heavy atom. The van der Waals surface area contributed by atoms with Crippen molar-refractivity contribution in [3.8, 4) is 0 Å². The number of benzene rings is 1. The topological polar surface area (TPSA) is 85.8 Å². The van der Waals surface area contributed by atoms with Gasteiger partial charge in [0.25, 0.3) is 5.91 Å². The van der Waals surface area contributed by atoms with E-state index < -0.39 is 22.9 Å². The van der Waals surface area contributed by atoms with Gasteiger partial charge >= 0.3 is 6.18 Å². The van der Waals surface area contributed by atoms with Gasteiger partial charge in [-0.2, -0.15) is 18.3 Å². The molecule has 1 aliphatic rings. The Hall–Kier alpha value is -2.66. The minimum Gasteiger partial charge on any atom is -0.383 e. The molecule has 170 valence electrons. The third-order valence-corrected chi connectivity index (χ3v) is 7.01. The van der Waals surface area contributed by atoms with Gasteiger partial charge in [0.2, 0.25) is 0 Å². The summed E-state index contributed by atoms with van der Waals surface area (Å²) < 4.78 is 53.5. The molecule has 0 spiro atoms. The minimum absolute atomic E-state index is 0.108. The van der Waals surface area contributed by atoms with Gasteiger partial charge in [-0.3, -0.25) is 9.48 Å². The second-order valence-corrected chi connectivity index (χ2v) is 9.09. The van der Waals surface area contributed by atoms with E-state index in [0.717, 1.165) is 6.07 Å². The first kappa shape index (κ1) is 22.5. The summed E-state index contributed by atoms with van der Waals surface area (Å²) in [4.78, 5) is 17.0. The molecule has 1 fully saturated rings. The second kappa shape index (κ2) is 8.36. The highest BCUT2D eigenvalue weighted by Crippen LogP contribution is 2.47. The Balaban J connectivity index is 1.56. The number of nitrogens with one attached hydrogen (secondary N) is 1. The van der Waals surface area contributed by atoms with E-state index >= 15 is 0 Å². The molecule has 2 atom stereocenters. The number of rotatable bonds is 4. The Morgan fingerprint density at radius 1 is 1.31 bits per heavy atom. The zero-order valence-corrected chi connectivity index (χ0v) is 18.3. The molecule has 1 saturated carbocycles. The van der Waals surface area contributed by atoms with Gasteiger partial charge in [-0.25, -0.2) is 9.37 Å². The number of anilines is 2. The van der Waals surface area contributed by atoms with Gasteiger partial charge in [0.15, 0.2) is 5.01 Å². The van der Waals surface area contributed by atoms with Crippen LogP contribution in [0.5, 0.6) is 0 Å². The molecule has 0 aliphatic heterocycles. The van der Waals surface area contributed by atoms with Crippen molar-refractivity contribution in [3.05, 3.63) is 56.4 Å². The van der Waals surface area contributed by atoms with Gasteiger partial charge in [-0.05, 0) is 43.4 Å². The molecule has 0 radical (unpaired) electrons. The number of nitrogens with zero attached hydrogens (tertiary/aromatic N) is 3. The van der Waals surface area contributed by atoms with E-state index in [4.69, 9.17) is 17.3 Å². The van der Waals surface area contributed by atoms with Crippen molar-refractivity contribution in [1.82, 2.24) is 14.8 Å². The predicted octanol–water partition coefficient (Wildman–Crippen LogP) is 5.57. The molecule has 1 aliphatic carbocycles. The number of hydrogen-bond acceptors (Lipinski definition) is 5. The van der Waals surface area contributed by atoms with Crippen LogP contribution in [0.15, 0.2) is 24.4 Å². The maximum atomic E-state index is 13.4. The molecule has 2 heterocycles. The second-order valence-electron chi connectivity index (χ2n) is 7.62. The van der Waals surface area contributed by atoms with Crippen LogP contribution in [-0.4, -0.2) is 20.7 Å². The Bertz CT molecular complexity index is 1180. The lowest BCUT2D eigenvalue weighted by atomic mass is 9.97. The third kappa shape index (κ3) is 4.31. The largest absolute Gasteiger partial charge is 0.443 e. The van der Waals surface area contributed by atoms with Crippen molar-refractivity contribution in [1.29, 1.82) is 0 Å². The number of nitrogens with two attached hydrogens (primary N) is 1. The number of thiazole rings is 1. The molecule has 3 N–H and O–H groups in total. The summed E-state index contributed by atoms with van der Waals surface area (Å²) in [5.41, 5.74) is 7.07. The van der Waals surface area contributed by atoms with Crippen LogP contribution < -0.4 is 11.1 Å². The summed E-state index contributed by atoms with van der Waals surface area (Å²) in [6.07, 6.45) is -1.37. The standard InChI is InChI=1S/C20H18ClF4N5OS/c1-30-17(26)15(18(31)28-11-4-5-13(22)12(21)7-11)16(29-30)10-3-2-9(6-10)14-8-27-19(32-14)20(23,24)25/h4-5,7-10H,2-3,6,26H2,1H3,(H,28,31)/t9-,10-/m1/s1. The van der Waals surface area contributed by atoms with Crippen LogP contribution >= 0.6 is 22.9 Å². The Kier molecular flexibility index (Phi) is 5.89. The van der Waals surface area contributed by atoms with Gasteiger partial charge in [0.05, 0.1) is 10.7 Å². The lowest BCUT2D eigenvalue weighted by Gasteiger charge is -2.11. The number of halogens is 5. The molecule has 12 heteroatoms. The van der Waals surface area contributed by atoms with E-state index in [1.807, 2.05) is 0 Å². The fourth-order valence-electron chi connectivity index (χ4n) is 3.94. The lowest BCUT2D eigenvalue weighted by Crippen LogP contribution is -2.16. The summed E-state index contributed by atoms with van der Waals surface area (Å²) >= 11 is 6.42. The van der Waals surface area contributed by atoms with Crippen LogP contribution in [-0.2, 0) is 13.2 Å². The minimum atomic E-state index is -4.47. The van der Waals surface area contributed by atoms with Crippen molar-refractivity contribution in [3.63, 3.8) is 0 Å². The van der Waals surface area contributed by atoms with Crippen LogP contribution in [0, 0.1) is 5.82 Å². The third-order valence-electron chi connectivity index (χ3n) is 5.51. The lowest BCUT2D eigenvalue weighted by molar-refractivity contribution is -0.137. The number of hydrogen-bond donors (Lipinski definition) is 2. The van der Waals surface area contributed by atoms with Gasteiger partial charge in [-0.1, -0.05) is 11.6 Å². The highest BCUT2D eigenvalue weighted by atomic mass is 35.5. The van der Waals surface area contributed by atoms with E-state index in [1.54, 1.807) is 7.05 Å². The summed E-state index contributed by atoms with van der Waals surface area (Å²) in [5, 5.41) is 6.06. The molecule has 6 nitrogen and oxygen atoms in total. The van der Waals surface area contributed by atoms with Crippen LogP contribution in [0.25, 0.3) is 0 Å². The van der Waals surface area contributed by atoms with E-state index in [1.165, 1.54) is 23.0 Å². The van der Waals surface area contributed by atoms with Crippen molar-refractivity contribution < 1.29 is 22.4 Å². The number of amides is 1. The smallest absolute Gasteiger partial charge is 0.383 e. The average Bonchev–Trinajstić information content (AvgIpc) is 3.43.